The maximum atomic E-state index is 13.0. The predicted molar refractivity (Wildman–Crippen MR) is 104 cm³/mol. The van der Waals surface area contributed by atoms with Gasteiger partial charge in [-0.15, -0.1) is 0 Å². The monoisotopic (exact) mass is 366 g/mol. The quantitative estimate of drug-likeness (QED) is 0.780. The predicted octanol–water partition coefficient (Wildman–Crippen LogP) is 3.53. The van der Waals surface area contributed by atoms with Crippen LogP contribution in [0.1, 0.15) is 54.2 Å². The number of benzene rings is 1. The smallest absolute Gasteiger partial charge is 0.339 e. The molecule has 0 unspecified atom stereocenters. The number of carbonyl (C=O) groups excluding carboxylic acids is 2. The number of piperidine rings is 1. The van der Waals surface area contributed by atoms with E-state index in [1.807, 2.05) is 29.2 Å². The first-order valence-electron chi connectivity index (χ1n) is 9.99. The van der Waals surface area contributed by atoms with E-state index in [-0.39, 0.29) is 12.5 Å². The average molecular weight is 366 g/mol. The molecule has 4 rings (SSSR count). The third kappa shape index (κ3) is 3.68. The molecule has 1 atom stereocenters. The van der Waals surface area contributed by atoms with Gasteiger partial charge >= 0.3 is 5.97 Å². The Morgan fingerprint density at radius 2 is 2.00 bits per heavy atom. The summed E-state index contributed by atoms with van der Waals surface area (Å²) in [5.74, 6) is 0.0156. The van der Waals surface area contributed by atoms with Crippen LogP contribution in [0.25, 0.3) is 10.9 Å². The zero-order valence-corrected chi connectivity index (χ0v) is 15.9. The van der Waals surface area contributed by atoms with Crippen LogP contribution in [-0.2, 0) is 22.4 Å². The van der Waals surface area contributed by atoms with Gasteiger partial charge in [0.15, 0.2) is 6.61 Å². The summed E-state index contributed by atoms with van der Waals surface area (Å²) in [6.45, 7) is 3.48. The molecule has 0 bridgehead atoms. The molecule has 27 heavy (non-hydrogen) atoms. The van der Waals surface area contributed by atoms with Crippen LogP contribution in [0.2, 0.25) is 0 Å². The second kappa shape index (κ2) is 7.67. The fourth-order valence-corrected chi connectivity index (χ4v) is 4.31. The molecule has 5 heteroatoms. The van der Waals surface area contributed by atoms with Crippen LogP contribution in [0.15, 0.2) is 24.3 Å². The number of ether oxygens (including phenoxy) is 1. The molecule has 2 aromatic rings. The van der Waals surface area contributed by atoms with E-state index in [0.717, 1.165) is 73.8 Å². The Morgan fingerprint density at radius 1 is 1.19 bits per heavy atom. The van der Waals surface area contributed by atoms with E-state index in [1.165, 1.54) is 0 Å². The lowest BCUT2D eigenvalue weighted by molar-refractivity contribution is -0.136. The van der Waals surface area contributed by atoms with Gasteiger partial charge in [0.2, 0.25) is 0 Å². The van der Waals surface area contributed by atoms with E-state index in [0.29, 0.717) is 11.5 Å². The van der Waals surface area contributed by atoms with Crippen LogP contribution < -0.4 is 0 Å². The van der Waals surface area contributed by atoms with E-state index >= 15 is 0 Å². The lowest BCUT2D eigenvalue weighted by Gasteiger charge is -2.30. The standard InChI is InChI=1S/C22H26N2O3/c1-15-7-6-12-24(13-15)20(25)14-27-22(26)21-16-8-2-4-10-18(16)23-19-11-5-3-9-17(19)21/h2,4,8,10,15H,3,5-7,9,11-14H2,1H3/t15-/m0/s1. The van der Waals surface area contributed by atoms with Crippen LogP contribution in [0.5, 0.6) is 0 Å². The highest BCUT2D eigenvalue weighted by Gasteiger charge is 2.26. The highest BCUT2D eigenvalue weighted by molar-refractivity contribution is 6.05. The molecule has 142 valence electrons. The van der Waals surface area contributed by atoms with Crippen molar-refractivity contribution in [2.75, 3.05) is 19.7 Å². The van der Waals surface area contributed by atoms with Gasteiger partial charge in [0.1, 0.15) is 0 Å². The molecule has 5 nitrogen and oxygen atoms in total. The first kappa shape index (κ1) is 18.0. The zero-order chi connectivity index (χ0) is 18.8. The molecule has 1 saturated heterocycles. The number of aryl methyl sites for hydroxylation is 1. The van der Waals surface area contributed by atoms with Gasteiger partial charge in [-0.3, -0.25) is 9.78 Å². The second-order valence-electron chi connectivity index (χ2n) is 7.80. The van der Waals surface area contributed by atoms with E-state index in [2.05, 4.69) is 6.92 Å². The van der Waals surface area contributed by atoms with Crippen molar-refractivity contribution in [1.29, 1.82) is 0 Å². The lowest BCUT2D eigenvalue weighted by atomic mass is 9.90. The number of esters is 1. The van der Waals surface area contributed by atoms with Crippen molar-refractivity contribution >= 4 is 22.8 Å². The van der Waals surface area contributed by atoms with Crippen molar-refractivity contribution in [2.45, 2.75) is 45.4 Å². The SMILES string of the molecule is C[C@H]1CCCN(C(=O)COC(=O)c2c3c(nc4ccccc24)CCCC3)C1. The normalized spacial score (nSPS) is 19.6. The summed E-state index contributed by atoms with van der Waals surface area (Å²) in [7, 11) is 0. The molecule has 0 radical (unpaired) electrons. The highest BCUT2D eigenvalue weighted by atomic mass is 16.5. The molecule has 1 aromatic heterocycles. The van der Waals surface area contributed by atoms with Gasteiger partial charge in [0.25, 0.3) is 5.91 Å². The molecule has 2 aliphatic rings. The third-order valence-electron chi connectivity index (χ3n) is 5.71. The summed E-state index contributed by atoms with van der Waals surface area (Å²) in [6.07, 6.45) is 6.05. The molecule has 0 N–H and O–H groups in total. The van der Waals surface area contributed by atoms with Crippen LogP contribution in [-0.4, -0.2) is 41.5 Å². The average Bonchev–Trinajstić information content (AvgIpc) is 2.70. The number of hydrogen-bond donors (Lipinski definition) is 0. The van der Waals surface area contributed by atoms with Crippen molar-refractivity contribution in [2.24, 2.45) is 5.92 Å². The molecule has 1 amide bonds. The van der Waals surface area contributed by atoms with Gasteiger partial charge in [-0.1, -0.05) is 25.1 Å². The Bertz CT molecular complexity index is 877. The van der Waals surface area contributed by atoms with Crippen molar-refractivity contribution in [3.8, 4) is 0 Å². The van der Waals surface area contributed by atoms with Crippen LogP contribution >= 0.6 is 0 Å². The Morgan fingerprint density at radius 3 is 2.85 bits per heavy atom. The fraction of sp³-hybridized carbons (Fsp3) is 0.500. The Kier molecular flexibility index (Phi) is 5.10. The Hall–Kier alpha value is -2.43. The largest absolute Gasteiger partial charge is 0.452 e. The molecule has 1 aliphatic carbocycles. The summed E-state index contributed by atoms with van der Waals surface area (Å²) >= 11 is 0. The number of para-hydroxylation sites is 1. The van der Waals surface area contributed by atoms with Crippen molar-refractivity contribution in [1.82, 2.24) is 9.88 Å². The van der Waals surface area contributed by atoms with Crippen molar-refractivity contribution < 1.29 is 14.3 Å². The molecule has 1 aliphatic heterocycles. The first-order chi connectivity index (χ1) is 13.1. The first-order valence-corrected chi connectivity index (χ1v) is 9.99. The van der Waals surface area contributed by atoms with E-state index in [4.69, 9.17) is 9.72 Å². The van der Waals surface area contributed by atoms with Gasteiger partial charge in [0.05, 0.1) is 11.1 Å². The van der Waals surface area contributed by atoms with Gasteiger partial charge in [-0.25, -0.2) is 4.79 Å². The van der Waals surface area contributed by atoms with Crippen LogP contribution in [0, 0.1) is 5.92 Å². The van der Waals surface area contributed by atoms with E-state index in [1.54, 1.807) is 0 Å². The molecule has 1 fully saturated rings. The maximum absolute atomic E-state index is 13.0. The van der Waals surface area contributed by atoms with E-state index < -0.39 is 5.97 Å². The van der Waals surface area contributed by atoms with Crippen LogP contribution in [0.3, 0.4) is 0 Å². The van der Waals surface area contributed by atoms with Gasteiger partial charge in [-0.05, 0) is 56.1 Å². The summed E-state index contributed by atoms with van der Waals surface area (Å²) in [4.78, 5) is 32.0. The number of hydrogen-bond acceptors (Lipinski definition) is 4. The minimum Gasteiger partial charge on any atom is -0.452 e. The zero-order valence-electron chi connectivity index (χ0n) is 15.9. The topological polar surface area (TPSA) is 59.5 Å². The Balaban J connectivity index is 1.56. The summed E-state index contributed by atoms with van der Waals surface area (Å²) < 4.78 is 5.49. The number of rotatable bonds is 3. The molecular formula is C22H26N2O3. The molecule has 2 heterocycles. The number of pyridine rings is 1. The summed E-state index contributed by atoms with van der Waals surface area (Å²) in [6, 6.07) is 7.69. The number of amides is 1. The summed E-state index contributed by atoms with van der Waals surface area (Å²) in [5, 5.41) is 0.821. The summed E-state index contributed by atoms with van der Waals surface area (Å²) in [5.41, 5.74) is 3.43. The van der Waals surface area contributed by atoms with Gasteiger partial charge in [0, 0.05) is 24.2 Å². The van der Waals surface area contributed by atoms with Crippen molar-refractivity contribution in [3.05, 3.63) is 41.1 Å². The Labute approximate surface area is 159 Å². The minimum absolute atomic E-state index is 0.0953. The van der Waals surface area contributed by atoms with Crippen molar-refractivity contribution in [3.63, 3.8) is 0 Å². The molecular weight excluding hydrogens is 340 g/mol. The lowest BCUT2D eigenvalue weighted by Crippen LogP contribution is -2.41. The van der Waals surface area contributed by atoms with Gasteiger partial charge < -0.3 is 9.64 Å². The number of aromatic nitrogens is 1. The highest BCUT2D eigenvalue weighted by Crippen LogP contribution is 2.29. The minimum atomic E-state index is -0.398. The number of fused-ring (bicyclic) bond motifs is 2. The van der Waals surface area contributed by atoms with Gasteiger partial charge in [-0.2, -0.15) is 0 Å². The number of likely N-dealkylation sites (tertiary alicyclic amines) is 1. The number of nitrogens with zero attached hydrogens (tertiary/aromatic N) is 2. The molecule has 0 saturated carbocycles. The van der Waals surface area contributed by atoms with Crippen LogP contribution in [0.4, 0.5) is 0 Å². The molecule has 1 aromatic carbocycles. The van der Waals surface area contributed by atoms with E-state index in [9.17, 15) is 9.59 Å². The fourth-order valence-electron chi connectivity index (χ4n) is 4.31. The number of carbonyl (C=O) groups is 2. The maximum Gasteiger partial charge on any atom is 0.339 e. The third-order valence-corrected chi connectivity index (χ3v) is 5.71. The second-order valence-corrected chi connectivity index (χ2v) is 7.80. The molecule has 0 spiro atoms.